The predicted octanol–water partition coefficient (Wildman–Crippen LogP) is 5.58. The molecule has 0 spiro atoms. The molecule has 0 unspecified atom stereocenters. The SMILES string of the molecule is COc1ccc([C@@H]2[C@@H](CCC(=O)Oc3ccc(Cl)cc3)C(=O)N2c2ccc(F)cc2)cc1. The first-order valence-electron chi connectivity index (χ1n) is 10.1. The molecule has 7 heteroatoms. The van der Waals surface area contributed by atoms with Gasteiger partial charge in [0.05, 0.1) is 19.1 Å². The van der Waals surface area contributed by atoms with Crippen molar-refractivity contribution in [2.24, 2.45) is 5.92 Å². The van der Waals surface area contributed by atoms with E-state index in [-0.39, 0.29) is 24.2 Å². The number of nitrogens with zero attached hydrogens (tertiary/aromatic N) is 1. The molecule has 32 heavy (non-hydrogen) atoms. The molecule has 4 rings (SSSR count). The molecule has 164 valence electrons. The molecule has 2 atom stereocenters. The van der Waals surface area contributed by atoms with Crippen LogP contribution in [0.15, 0.2) is 72.8 Å². The minimum absolute atomic E-state index is 0.0863. The van der Waals surface area contributed by atoms with Gasteiger partial charge in [0, 0.05) is 17.1 Å². The Kier molecular flexibility index (Phi) is 6.42. The lowest BCUT2D eigenvalue weighted by Crippen LogP contribution is -2.55. The highest BCUT2D eigenvalue weighted by Crippen LogP contribution is 2.45. The first-order chi connectivity index (χ1) is 15.5. The molecule has 3 aromatic rings. The number of hydrogen-bond acceptors (Lipinski definition) is 4. The van der Waals surface area contributed by atoms with E-state index in [9.17, 15) is 14.0 Å². The van der Waals surface area contributed by atoms with Gasteiger partial charge in [-0.1, -0.05) is 23.7 Å². The van der Waals surface area contributed by atoms with E-state index < -0.39 is 11.9 Å². The fourth-order valence-electron chi connectivity index (χ4n) is 3.86. The van der Waals surface area contributed by atoms with Gasteiger partial charge in [-0.25, -0.2) is 4.39 Å². The van der Waals surface area contributed by atoms with Crippen molar-refractivity contribution >= 4 is 29.2 Å². The zero-order valence-electron chi connectivity index (χ0n) is 17.3. The number of esters is 1. The molecule has 1 aliphatic heterocycles. The topological polar surface area (TPSA) is 55.8 Å². The highest BCUT2D eigenvalue weighted by atomic mass is 35.5. The summed E-state index contributed by atoms with van der Waals surface area (Å²) in [4.78, 5) is 27.0. The van der Waals surface area contributed by atoms with Crippen molar-refractivity contribution in [1.29, 1.82) is 0 Å². The number of rotatable bonds is 7. The summed E-state index contributed by atoms with van der Waals surface area (Å²) in [6.45, 7) is 0. The zero-order chi connectivity index (χ0) is 22.7. The molecule has 3 aromatic carbocycles. The molecule has 1 fully saturated rings. The maximum Gasteiger partial charge on any atom is 0.311 e. The quantitative estimate of drug-likeness (QED) is 0.266. The van der Waals surface area contributed by atoms with Crippen molar-refractivity contribution in [3.8, 4) is 11.5 Å². The summed E-state index contributed by atoms with van der Waals surface area (Å²) in [6.07, 6.45) is 0.419. The molecule has 0 radical (unpaired) electrons. The van der Waals surface area contributed by atoms with Gasteiger partial charge in [0.25, 0.3) is 0 Å². The van der Waals surface area contributed by atoms with Gasteiger partial charge in [-0.15, -0.1) is 0 Å². The lowest BCUT2D eigenvalue weighted by molar-refractivity contribution is -0.136. The van der Waals surface area contributed by atoms with E-state index >= 15 is 0 Å². The van der Waals surface area contributed by atoms with Crippen molar-refractivity contribution in [2.45, 2.75) is 18.9 Å². The van der Waals surface area contributed by atoms with Gasteiger partial charge in [-0.05, 0) is 72.6 Å². The number of carbonyl (C=O) groups is 2. The van der Waals surface area contributed by atoms with Crippen LogP contribution in [0, 0.1) is 11.7 Å². The van der Waals surface area contributed by atoms with E-state index in [4.69, 9.17) is 21.1 Å². The molecule has 1 amide bonds. The van der Waals surface area contributed by atoms with Crippen LogP contribution in [0.4, 0.5) is 10.1 Å². The number of amides is 1. The van der Waals surface area contributed by atoms with Crippen molar-refractivity contribution < 1.29 is 23.5 Å². The van der Waals surface area contributed by atoms with Crippen LogP contribution in [0.1, 0.15) is 24.4 Å². The number of halogens is 2. The van der Waals surface area contributed by atoms with Crippen molar-refractivity contribution in [1.82, 2.24) is 0 Å². The van der Waals surface area contributed by atoms with Crippen LogP contribution >= 0.6 is 11.6 Å². The second-order valence-corrected chi connectivity index (χ2v) is 7.91. The number of anilines is 1. The summed E-state index contributed by atoms with van der Waals surface area (Å²) in [5.41, 5.74) is 1.52. The van der Waals surface area contributed by atoms with Crippen molar-refractivity contribution in [3.63, 3.8) is 0 Å². The normalized spacial score (nSPS) is 17.6. The number of methoxy groups -OCH3 is 1. The summed E-state index contributed by atoms with van der Waals surface area (Å²) >= 11 is 5.85. The highest BCUT2D eigenvalue weighted by Gasteiger charge is 2.48. The van der Waals surface area contributed by atoms with Crippen molar-refractivity contribution in [2.75, 3.05) is 12.0 Å². The van der Waals surface area contributed by atoms with Gasteiger partial charge >= 0.3 is 5.97 Å². The third-order valence-corrected chi connectivity index (χ3v) is 5.73. The molecule has 5 nitrogen and oxygen atoms in total. The Morgan fingerprint density at radius 3 is 2.22 bits per heavy atom. The Labute approximate surface area is 190 Å². The van der Waals surface area contributed by atoms with Gasteiger partial charge in [0.2, 0.25) is 5.91 Å². The van der Waals surface area contributed by atoms with Gasteiger partial charge in [-0.2, -0.15) is 0 Å². The largest absolute Gasteiger partial charge is 0.497 e. The van der Waals surface area contributed by atoms with E-state index in [1.165, 1.54) is 12.1 Å². The zero-order valence-corrected chi connectivity index (χ0v) is 18.1. The Balaban J connectivity index is 1.50. The van der Waals surface area contributed by atoms with E-state index in [1.54, 1.807) is 48.4 Å². The fraction of sp³-hybridized carbons (Fsp3) is 0.200. The van der Waals surface area contributed by atoms with E-state index in [0.29, 0.717) is 28.6 Å². The van der Waals surface area contributed by atoms with Gasteiger partial charge in [0.15, 0.2) is 0 Å². The Morgan fingerprint density at radius 1 is 0.969 bits per heavy atom. The summed E-state index contributed by atoms with van der Waals surface area (Å²) in [6, 6.07) is 19.5. The molecule has 0 aliphatic carbocycles. The number of ether oxygens (including phenoxy) is 2. The molecule has 0 bridgehead atoms. The summed E-state index contributed by atoms with van der Waals surface area (Å²) in [5, 5.41) is 0.549. The summed E-state index contributed by atoms with van der Waals surface area (Å²) in [7, 11) is 1.59. The van der Waals surface area contributed by atoms with E-state index in [0.717, 1.165) is 5.56 Å². The fourth-order valence-corrected chi connectivity index (χ4v) is 3.99. The first-order valence-corrected chi connectivity index (χ1v) is 10.5. The highest BCUT2D eigenvalue weighted by molar-refractivity contribution is 6.30. The molecule has 0 aromatic heterocycles. The monoisotopic (exact) mass is 453 g/mol. The van der Waals surface area contributed by atoms with Crippen LogP contribution in [-0.4, -0.2) is 19.0 Å². The van der Waals surface area contributed by atoms with Crippen molar-refractivity contribution in [3.05, 3.63) is 89.2 Å². The average molecular weight is 454 g/mol. The molecule has 0 N–H and O–H groups in total. The molecular weight excluding hydrogens is 433 g/mol. The summed E-state index contributed by atoms with van der Waals surface area (Å²) < 4.78 is 23.9. The maximum absolute atomic E-state index is 13.4. The van der Waals surface area contributed by atoms with Gasteiger partial charge < -0.3 is 14.4 Å². The van der Waals surface area contributed by atoms with E-state index in [2.05, 4.69) is 0 Å². The minimum Gasteiger partial charge on any atom is -0.497 e. The van der Waals surface area contributed by atoms with Gasteiger partial charge in [0.1, 0.15) is 17.3 Å². The number of hydrogen-bond donors (Lipinski definition) is 0. The first kappa shape index (κ1) is 21.8. The minimum atomic E-state index is -0.422. The number of β-lactam (4-membered cyclic amide) rings is 1. The van der Waals surface area contributed by atoms with E-state index in [1.807, 2.05) is 24.3 Å². The third-order valence-electron chi connectivity index (χ3n) is 5.48. The molecular formula is C25H21ClFNO4. The second kappa shape index (κ2) is 9.40. The third kappa shape index (κ3) is 4.60. The second-order valence-electron chi connectivity index (χ2n) is 7.48. The van der Waals surface area contributed by atoms with Crippen LogP contribution in [0.3, 0.4) is 0 Å². The van der Waals surface area contributed by atoms with Crippen LogP contribution in [0.2, 0.25) is 5.02 Å². The van der Waals surface area contributed by atoms with Crippen LogP contribution in [-0.2, 0) is 9.59 Å². The van der Waals surface area contributed by atoms with Crippen LogP contribution in [0.5, 0.6) is 11.5 Å². The predicted molar refractivity (Wildman–Crippen MR) is 119 cm³/mol. The standard InChI is InChI=1S/C25H21ClFNO4/c1-31-20-10-2-16(3-11-20)24-22(25(30)28(24)19-8-6-18(27)7-9-19)14-15-23(29)32-21-12-4-17(26)5-13-21/h2-13,22,24H,14-15H2,1H3/t22-,24-/m1/s1. The lowest BCUT2D eigenvalue weighted by atomic mass is 9.79. The smallest absolute Gasteiger partial charge is 0.311 e. The lowest BCUT2D eigenvalue weighted by Gasteiger charge is -2.47. The Hall–Kier alpha value is -3.38. The Morgan fingerprint density at radius 2 is 1.59 bits per heavy atom. The average Bonchev–Trinajstić information content (AvgIpc) is 2.80. The van der Waals surface area contributed by atoms with Gasteiger partial charge in [-0.3, -0.25) is 9.59 Å². The molecule has 1 heterocycles. The van der Waals surface area contributed by atoms with Crippen LogP contribution in [0.25, 0.3) is 0 Å². The molecule has 1 saturated heterocycles. The summed E-state index contributed by atoms with van der Waals surface area (Å²) in [5.74, 6) is -0.198. The number of benzene rings is 3. The molecule has 0 saturated carbocycles. The number of carbonyl (C=O) groups excluding carboxylic acids is 2. The van der Waals surface area contributed by atoms with Crippen LogP contribution < -0.4 is 14.4 Å². The molecule has 1 aliphatic rings. The maximum atomic E-state index is 13.4. The Bertz CT molecular complexity index is 1100.